The molecular formula is C21H28N2O4. The molecule has 0 aliphatic heterocycles. The third kappa shape index (κ3) is 8.00. The molecule has 1 amide bonds. The van der Waals surface area contributed by atoms with Crippen LogP contribution >= 0.6 is 0 Å². The molecule has 6 nitrogen and oxygen atoms in total. The van der Waals surface area contributed by atoms with Crippen LogP contribution in [0.5, 0.6) is 11.5 Å². The van der Waals surface area contributed by atoms with Crippen molar-refractivity contribution in [2.24, 2.45) is 0 Å². The molecule has 0 saturated heterocycles. The first-order valence-corrected chi connectivity index (χ1v) is 9.19. The van der Waals surface area contributed by atoms with E-state index in [9.17, 15) is 4.79 Å². The van der Waals surface area contributed by atoms with E-state index in [1.165, 1.54) is 0 Å². The summed E-state index contributed by atoms with van der Waals surface area (Å²) in [5.41, 5.74) is 1.56. The Morgan fingerprint density at radius 2 is 1.70 bits per heavy atom. The van der Waals surface area contributed by atoms with Crippen molar-refractivity contribution in [2.45, 2.75) is 19.8 Å². The molecule has 6 heteroatoms. The van der Waals surface area contributed by atoms with Gasteiger partial charge in [0.05, 0.1) is 19.8 Å². The van der Waals surface area contributed by atoms with E-state index < -0.39 is 0 Å². The minimum Gasteiger partial charge on any atom is -0.494 e. The lowest BCUT2D eigenvalue weighted by Gasteiger charge is -2.11. The fraction of sp³-hybridized carbons (Fsp3) is 0.381. The Morgan fingerprint density at radius 3 is 2.44 bits per heavy atom. The molecule has 0 unspecified atom stereocenters. The van der Waals surface area contributed by atoms with E-state index in [2.05, 4.69) is 17.6 Å². The number of benzene rings is 2. The second-order valence-electron chi connectivity index (χ2n) is 6.00. The maximum atomic E-state index is 12.1. The fourth-order valence-electron chi connectivity index (χ4n) is 2.30. The SMILES string of the molecule is CCCCOc1ccc(NCC(=O)Nc2cccc(OCCOC)c2)cc1. The summed E-state index contributed by atoms with van der Waals surface area (Å²) in [6.45, 7) is 4.01. The highest BCUT2D eigenvalue weighted by atomic mass is 16.5. The van der Waals surface area contributed by atoms with E-state index in [0.717, 1.165) is 30.9 Å². The van der Waals surface area contributed by atoms with Crippen LogP contribution < -0.4 is 20.1 Å². The van der Waals surface area contributed by atoms with Crippen molar-refractivity contribution in [2.75, 3.05) is 44.1 Å². The van der Waals surface area contributed by atoms with Crippen molar-refractivity contribution < 1.29 is 19.0 Å². The zero-order valence-corrected chi connectivity index (χ0v) is 16.0. The number of unbranched alkanes of at least 4 members (excludes halogenated alkanes) is 1. The van der Waals surface area contributed by atoms with Crippen molar-refractivity contribution in [3.63, 3.8) is 0 Å². The van der Waals surface area contributed by atoms with Gasteiger partial charge in [-0.25, -0.2) is 0 Å². The Morgan fingerprint density at radius 1 is 0.926 bits per heavy atom. The number of carbonyl (C=O) groups is 1. The first-order valence-electron chi connectivity index (χ1n) is 9.19. The van der Waals surface area contributed by atoms with Gasteiger partial charge in [0.25, 0.3) is 0 Å². The number of methoxy groups -OCH3 is 1. The van der Waals surface area contributed by atoms with Gasteiger partial charge in [-0.3, -0.25) is 4.79 Å². The van der Waals surface area contributed by atoms with Crippen LogP contribution in [0.2, 0.25) is 0 Å². The number of carbonyl (C=O) groups excluding carboxylic acids is 1. The van der Waals surface area contributed by atoms with Gasteiger partial charge >= 0.3 is 0 Å². The van der Waals surface area contributed by atoms with Gasteiger partial charge in [-0.1, -0.05) is 19.4 Å². The van der Waals surface area contributed by atoms with E-state index in [-0.39, 0.29) is 12.5 Å². The van der Waals surface area contributed by atoms with E-state index in [1.54, 1.807) is 13.2 Å². The fourth-order valence-corrected chi connectivity index (χ4v) is 2.30. The summed E-state index contributed by atoms with van der Waals surface area (Å²) in [6, 6.07) is 14.9. The molecule has 0 bridgehead atoms. The zero-order valence-electron chi connectivity index (χ0n) is 16.0. The van der Waals surface area contributed by atoms with Crippen molar-refractivity contribution in [1.29, 1.82) is 0 Å². The second-order valence-corrected chi connectivity index (χ2v) is 6.00. The van der Waals surface area contributed by atoms with Crippen molar-refractivity contribution in [3.8, 4) is 11.5 Å². The predicted octanol–water partition coefficient (Wildman–Crippen LogP) is 3.94. The maximum Gasteiger partial charge on any atom is 0.243 e. The van der Waals surface area contributed by atoms with E-state index in [0.29, 0.717) is 24.7 Å². The quantitative estimate of drug-likeness (QED) is 0.552. The average molecular weight is 372 g/mol. The van der Waals surface area contributed by atoms with Gasteiger partial charge in [-0.2, -0.15) is 0 Å². The molecule has 146 valence electrons. The van der Waals surface area contributed by atoms with Crippen LogP contribution in [0, 0.1) is 0 Å². The van der Waals surface area contributed by atoms with Crippen LogP contribution in [0.4, 0.5) is 11.4 Å². The maximum absolute atomic E-state index is 12.1. The number of ether oxygens (including phenoxy) is 3. The predicted molar refractivity (Wildman–Crippen MR) is 108 cm³/mol. The second kappa shape index (κ2) is 11.8. The number of hydrogen-bond acceptors (Lipinski definition) is 5. The highest BCUT2D eigenvalue weighted by Gasteiger charge is 2.04. The molecule has 2 N–H and O–H groups in total. The van der Waals surface area contributed by atoms with Gasteiger partial charge in [0.1, 0.15) is 18.1 Å². The first kappa shape index (κ1) is 20.6. The Bertz CT molecular complexity index is 689. The number of hydrogen-bond donors (Lipinski definition) is 2. The Hall–Kier alpha value is -2.73. The van der Waals surface area contributed by atoms with Crippen molar-refractivity contribution in [1.82, 2.24) is 0 Å². The van der Waals surface area contributed by atoms with Gasteiger partial charge in [0, 0.05) is 24.6 Å². The van der Waals surface area contributed by atoms with E-state index >= 15 is 0 Å². The Balaban J connectivity index is 1.76. The number of anilines is 2. The minimum atomic E-state index is -0.132. The highest BCUT2D eigenvalue weighted by Crippen LogP contribution is 2.18. The number of amides is 1. The van der Waals surface area contributed by atoms with Gasteiger partial charge in [-0.15, -0.1) is 0 Å². The summed E-state index contributed by atoms with van der Waals surface area (Å²) in [5.74, 6) is 1.40. The average Bonchev–Trinajstić information content (AvgIpc) is 2.68. The van der Waals surface area contributed by atoms with Crippen LogP contribution in [-0.2, 0) is 9.53 Å². The number of rotatable bonds is 12. The normalized spacial score (nSPS) is 10.3. The van der Waals surface area contributed by atoms with Crippen LogP contribution in [0.3, 0.4) is 0 Å². The zero-order chi connectivity index (χ0) is 19.3. The Labute approximate surface area is 160 Å². The molecule has 2 aromatic rings. The lowest BCUT2D eigenvalue weighted by atomic mass is 10.3. The molecule has 0 fully saturated rings. The van der Waals surface area contributed by atoms with Crippen molar-refractivity contribution >= 4 is 17.3 Å². The van der Waals surface area contributed by atoms with Gasteiger partial charge in [0.15, 0.2) is 0 Å². The molecule has 0 spiro atoms. The molecule has 27 heavy (non-hydrogen) atoms. The van der Waals surface area contributed by atoms with Crippen molar-refractivity contribution in [3.05, 3.63) is 48.5 Å². The molecular weight excluding hydrogens is 344 g/mol. The van der Waals surface area contributed by atoms with Crippen LogP contribution in [-0.4, -0.2) is 39.4 Å². The molecule has 0 aliphatic rings. The van der Waals surface area contributed by atoms with Gasteiger partial charge in [0.2, 0.25) is 5.91 Å². The summed E-state index contributed by atoms with van der Waals surface area (Å²) in [6.07, 6.45) is 2.15. The standard InChI is InChI=1S/C21H28N2O4/c1-3-4-12-26-19-10-8-17(9-11-19)22-16-21(24)23-18-6-5-7-20(15-18)27-14-13-25-2/h5-11,15,22H,3-4,12-14,16H2,1-2H3,(H,23,24). The molecule has 0 aliphatic carbocycles. The van der Waals surface area contributed by atoms with Crippen LogP contribution in [0.15, 0.2) is 48.5 Å². The Kier molecular flexibility index (Phi) is 9.00. The summed E-state index contributed by atoms with van der Waals surface area (Å²) in [7, 11) is 1.63. The van der Waals surface area contributed by atoms with E-state index in [1.807, 2.05) is 42.5 Å². The molecule has 0 atom stereocenters. The molecule has 0 aromatic heterocycles. The lowest BCUT2D eigenvalue weighted by Crippen LogP contribution is -2.21. The minimum absolute atomic E-state index is 0.132. The van der Waals surface area contributed by atoms with E-state index in [4.69, 9.17) is 14.2 Å². The lowest BCUT2D eigenvalue weighted by molar-refractivity contribution is -0.114. The van der Waals surface area contributed by atoms with Gasteiger partial charge < -0.3 is 24.8 Å². The van der Waals surface area contributed by atoms with Crippen LogP contribution in [0.1, 0.15) is 19.8 Å². The summed E-state index contributed by atoms with van der Waals surface area (Å²) < 4.78 is 16.1. The third-order valence-electron chi connectivity index (χ3n) is 3.75. The molecule has 2 aromatic carbocycles. The monoisotopic (exact) mass is 372 g/mol. The smallest absolute Gasteiger partial charge is 0.243 e. The molecule has 0 heterocycles. The summed E-state index contributed by atoms with van der Waals surface area (Å²) in [4.78, 5) is 12.1. The molecule has 0 saturated carbocycles. The molecule has 2 rings (SSSR count). The van der Waals surface area contributed by atoms with Gasteiger partial charge in [-0.05, 0) is 42.8 Å². The summed E-state index contributed by atoms with van der Waals surface area (Å²) in [5, 5.41) is 5.95. The number of nitrogens with one attached hydrogen (secondary N) is 2. The topological polar surface area (TPSA) is 68.8 Å². The third-order valence-corrected chi connectivity index (χ3v) is 3.75. The first-order chi connectivity index (χ1) is 13.2. The molecule has 0 radical (unpaired) electrons. The van der Waals surface area contributed by atoms with Crippen LogP contribution in [0.25, 0.3) is 0 Å². The largest absolute Gasteiger partial charge is 0.494 e. The summed E-state index contributed by atoms with van der Waals surface area (Å²) >= 11 is 0. The highest BCUT2D eigenvalue weighted by molar-refractivity contribution is 5.93.